The number of fused-ring (bicyclic) bond motifs is 1. The number of nitrogens with two attached hydrogens (primary N) is 3. The number of nitrogens with zero attached hydrogens (tertiary/aromatic N) is 2. The van der Waals surface area contributed by atoms with Crippen molar-refractivity contribution in [3.8, 4) is 0 Å². The third-order valence-electron chi connectivity index (χ3n) is 7.03. The Morgan fingerprint density at radius 2 is 1.51 bits per heavy atom. The molecule has 0 saturated carbocycles. The number of hydrogen-bond acceptors (Lipinski definition) is 8. The fraction of sp³-hybridized carbons (Fsp3) is 0.387. The lowest BCUT2D eigenvalue weighted by molar-refractivity contribution is -0.138. The average Bonchev–Trinajstić information content (AvgIpc) is 2.99. The molecule has 0 aliphatic carbocycles. The van der Waals surface area contributed by atoms with Crippen LogP contribution in [-0.2, 0) is 38.2 Å². The molecule has 45 heavy (non-hydrogen) atoms. The molecule has 3 atom stereocenters. The van der Waals surface area contributed by atoms with E-state index in [9.17, 15) is 32.3 Å². The van der Waals surface area contributed by atoms with Crippen LogP contribution in [-0.4, -0.2) is 77.7 Å². The lowest BCUT2D eigenvalue weighted by Crippen LogP contribution is -2.56. The molecule has 14 heteroatoms. The highest BCUT2D eigenvalue weighted by molar-refractivity contribution is 5.96. The number of para-hydroxylation sites is 1. The molecule has 0 bridgehead atoms. The summed E-state index contributed by atoms with van der Waals surface area (Å²) in [5.74, 6) is -2.53. The number of halogens is 3. The molecule has 1 heterocycles. The quantitative estimate of drug-likeness (QED) is 0.165. The van der Waals surface area contributed by atoms with Crippen molar-refractivity contribution in [3.63, 3.8) is 0 Å². The predicted octanol–water partition coefficient (Wildman–Crippen LogP) is 1.06. The standard InChI is InChI=1S/C31H38F3N7O4/c1-19(37)29(44)40-26(17-28(43)41(12-10-35)13-11-36)30(45)39-25(15-20-6-8-23(9-7-20)31(32,33)34)27(42)16-21-14-22-4-2-3-5-24(22)38-18-21/h2-9,14,18-19,25-26H,10-13,15-17,35-37H2,1H3,(H,39,45)(H,40,44)/t19-,25+,26+/m1/s1. The topological polar surface area (TPSA) is 187 Å². The van der Waals surface area contributed by atoms with Crippen LogP contribution in [0.15, 0.2) is 60.8 Å². The van der Waals surface area contributed by atoms with Crippen LogP contribution in [0.25, 0.3) is 10.9 Å². The van der Waals surface area contributed by atoms with Crippen LogP contribution in [0.3, 0.4) is 0 Å². The summed E-state index contributed by atoms with van der Waals surface area (Å²) in [6.07, 6.45) is -3.80. The number of rotatable bonds is 15. The summed E-state index contributed by atoms with van der Waals surface area (Å²) in [4.78, 5) is 58.5. The lowest BCUT2D eigenvalue weighted by Gasteiger charge is -2.26. The first-order valence-corrected chi connectivity index (χ1v) is 14.4. The van der Waals surface area contributed by atoms with Crippen molar-refractivity contribution in [2.24, 2.45) is 17.2 Å². The van der Waals surface area contributed by atoms with Gasteiger partial charge >= 0.3 is 6.18 Å². The smallest absolute Gasteiger partial charge is 0.344 e. The van der Waals surface area contributed by atoms with Crippen LogP contribution in [0, 0.1) is 0 Å². The van der Waals surface area contributed by atoms with Crippen LogP contribution in [0.1, 0.15) is 30.0 Å². The normalized spacial score (nSPS) is 13.5. The second-order valence-electron chi connectivity index (χ2n) is 10.7. The Balaban J connectivity index is 1.90. The molecule has 8 N–H and O–H groups in total. The van der Waals surface area contributed by atoms with Gasteiger partial charge in [-0.3, -0.25) is 24.2 Å². The molecule has 0 aliphatic heterocycles. The Morgan fingerprint density at radius 1 is 0.889 bits per heavy atom. The monoisotopic (exact) mass is 629 g/mol. The molecular weight excluding hydrogens is 591 g/mol. The molecular formula is C31H38F3N7O4. The average molecular weight is 630 g/mol. The van der Waals surface area contributed by atoms with Crippen LogP contribution >= 0.6 is 0 Å². The zero-order valence-corrected chi connectivity index (χ0v) is 24.8. The second kappa shape index (κ2) is 16.1. The van der Waals surface area contributed by atoms with E-state index in [0.29, 0.717) is 11.1 Å². The van der Waals surface area contributed by atoms with E-state index in [4.69, 9.17) is 17.2 Å². The van der Waals surface area contributed by atoms with Crippen LogP contribution < -0.4 is 27.8 Å². The molecule has 0 saturated heterocycles. The van der Waals surface area contributed by atoms with Gasteiger partial charge in [0.05, 0.1) is 29.6 Å². The zero-order chi connectivity index (χ0) is 33.1. The van der Waals surface area contributed by atoms with Gasteiger partial charge < -0.3 is 32.7 Å². The summed E-state index contributed by atoms with van der Waals surface area (Å²) in [6.45, 7) is 2.01. The number of pyridine rings is 1. The third kappa shape index (κ3) is 10.3. The highest BCUT2D eigenvalue weighted by Gasteiger charge is 2.32. The largest absolute Gasteiger partial charge is 0.416 e. The van der Waals surface area contributed by atoms with Crippen molar-refractivity contribution in [3.05, 3.63) is 77.5 Å². The summed E-state index contributed by atoms with van der Waals surface area (Å²) < 4.78 is 39.4. The van der Waals surface area contributed by atoms with Crippen LogP contribution in [0.5, 0.6) is 0 Å². The van der Waals surface area contributed by atoms with Gasteiger partial charge in [0, 0.05) is 44.2 Å². The molecule has 0 fully saturated rings. The van der Waals surface area contributed by atoms with E-state index < -0.39 is 59.8 Å². The fourth-order valence-electron chi connectivity index (χ4n) is 4.61. The third-order valence-corrected chi connectivity index (χ3v) is 7.03. The van der Waals surface area contributed by atoms with E-state index in [1.54, 1.807) is 6.07 Å². The van der Waals surface area contributed by atoms with Gasteiger partial charge in [-0.05, 0) is 48.7 Å². The fourth-order valence-corrected chi connectivity index (χ4v) is 4.61. The molecule has 3 rings (SSSR count). The highest BCUT2D eigenvalue weighted by Crippen LogP contribution is 2.29. The van der Waals surface area contributed by atoms with Crippen molar-refractivity contribution >= 4 is 34.4 Å². The second-order valence-corrected chi connectivity index (χ2v) is 10.7. The van der Waals surface area contributed by atoms with Crippen molar-refractivity contribution in [2.45, 2.75) is 50.5 Å². The number of benzene rings is 2. The number of hydrogen-bond donors (Lipinski definition) is 5. The molecule has 11 nitrogen and oxygen atoms in total. The Labute approximate surface area is 258 Å². The maximum absolute atomic E-state index is 13.6. The van der Waals surface area contributed by atoms with Gasteiger partial charge in [0.25, 0.3) is 0 Å². The summed E-state index contributed by atoms with van der Waals surface area (Å²) in [6, 6.07) is 9.65. The molecule has 1 aromatic heterocycles. The SMILES string of the molecule is C[C@@H](N)C(=O)N[C@@H](CC(=O)N(CCN)CCN)C(=O)N[C@@H](Cc1ccc(C(F)(F)F)cc1)C(=O)Cc1cnc2ccccc2c1. The lowest BCUT2D eigenvalue weighted by atomic mass is 9.96. The predicted molar refractivity (Wildman–Crippen MR) is 162 cm³/mol. The van der Waals surface area contributed by atoms with Gasteiger partial charge in [-0.15, -0.1) is 0 Å². The van der Waals surface area contributed by atoms with Gasteiger partial charge in [-0.2, -0.15) is 13.2 Å². The van der Waals surface area contributed by atoms with E-state index in [2.05, 4.69) is 15.6 Å². The summed E-state index contributed by atoms with van der Waals surface area (Å²) in [7, 11) is 0. The first-order chi connectivity index (χ1) is 21.3. The molecule has 3 amide bonds. The van der Waals surface area contributed by atoms with Crippen molar-refractivity contribution in [1.82, 2.24) is 20.5 Å². The number of carbonyl (C=O) groups is 4. The number of amides is 3. The van der Waals surface area contributed by atoms with E-state index in [-0.39, 0.29) is 39.0 Å². The maximum Gasteiger partial charge on any atom is 0.416 e. The van der Waals surface area contributed by atoms with Crippen molar-refractivity contribution < 1.29 is 32.3 Å². The summed E-state index contributed by atoms with van der Waals surface area (Å²) in [5, 5.41) is 5.86. The molecule has 3 aromatic rings. The van der Waals surface area contributed by atoms with Crippen molar-refractivity contribution in [1.29, 1.82) is 0 Å². The number of alkyl halides is 3. The van der Waals surface area contributed by atoms with E-state index in [1.165, 1.54) is 30.2 Å². The van der Waals surface area contributed by atoms with E-state index in [1.807, 2.05) is 24.3 Å². The van der Waals surface area contributed by atoms with Gasteiger partial charge in [0.15, 0.2) is 5.78 Å². The Kier molecular flexibility index (Phi) is 12.5. The van der Waals surface area contributed by atoms with E-state index >= 15 is 0 Å². The van der Waals surface area contributed by atoms with Gasteiger partial charge in [-0.1, -0.05) is 30.3 Å². The highest BCUT2D eigenvalue weighted by atomic mass is 19.4. The number of aromatic nitrogens is 1. The Morgan fingerprint density at radius 3 is 2.11 bits per heavy atom. The van der Waals surface area contributed by atoms with Gasteiger partial charge in [0.1, 0.15) is 6.04 Å². The minimum atomic E-state index is -4.55. The number of ketones is 1. The van der Waals surface area contributed by atoms with Crippen LogP contribution in [0.2, 0.25) is 0 Å². The molecule has 242 valence electrons. The maximum atomic E-state index is 13.6. The summed E-state index contributed by atoms with van der Waals surface area (Å²) in [5.41, 5.74) is 17.6. The number of nitrogens with one attached hydrogen (secondary N) is 2. The minimum absolute atomic E-state index is 0.141. The number of Topliss-reactive ketones (excluding diaryl/α,β-unsaturated/α-hetero) is 1. The molecule has 0 unspecified atom stereocenters. The first kappa shape index (κ1) is 35.1. The van der Waals surface area contributed by atoms with Crippen molar-refractivity contribution in [2.75, 3.05) is 26.2 Å². The van der Waals surface area contributed by atoms with Gasteiger partial charge in [0.2, 0.25) is 17.7 Å². The first-order valence-electron chi connectivity index (χ1n) is 14.4. The van der Waals surface area contributed by atoms with Crippen LogP contribution in [0.4, 0.5) is 13.2 Å². The minimum Gasteiger partial charge on any atom is -0.344 e. The molecule has 0 spiro atoms. The van der Waals surface area contributed by atoms with Gasteiger partial charge in [-0.25, -0.2) is 0 Å². The Hall–Kier alpha value is -4.40. The molecule has 0 radical (unpaired) electrons. The zero-order valence-electron chi connectivity index (χ0n) is 24.8. The van der Waals surface area contributed by atoms with E-state index in [0.717, 1.165) is 23.0 Å². The Bertz CT molecular complexity index is 1480. The number of carbonyl (C=O) groups excluding carboxylic acids is 4. The summed E-state index contributed by atoms with van der Waals surface area (Å²) >= 11 is 0. The molecule has 0 aliphatic rings. The molecule has 2 aromatic carbocycles.